The largest absolute Gasteiger partial charge is 0.444 e. The number of nitrogens with zero attached hydrogens (tertiary/aromatic N) is 3. The Morgan fingerprint density at radius 3 is 2.50 bits per heavy atom. The standard InChI is InChI=1S/C8H10Cl2N4O2/c1-8(2,3)16-7(15)12-5-4(9)13-14-6(10)11-5/h1-3H3,(H,11,12,14,15). The van der Waals surface area contributed by atoms with Crippen LogP contribution in [0.25, 0.3) is 0 Å². The first-order chi connectivity index (χ1) is 7.28. The van der Waals surface area contributed by atoms with Gasteiger partial charge in [-0.2, -0.15) is 4.98 Å². The Bertz CT molecular complexity index is 406. The lowest BCUT2D eigenvalue weighted by molar-refractivity contribution is 0.0635. The Kier molecular flexibility index (Phi) is 3.88. The van der Waals surface area contributed by atoms with E-state index < -0.39 is 11.7 Å². The number of rotatable bonds is 1. The van der Waals surface area contributed by atoms with Gasteiger partial charge in [0.05, 0.1) is 0 Å². The molecule has 1 N–H and O–H groups in total. The molecule has 6 nitrogen and oxygen atoms in total. The maximum Gasteiger partial charge on any atom is 0.413 e. The normalized spacial score (nSPS) is 11.1. The summed E-state index contributed by atoms with van der Waals surface area (Å²) < 4.78 is 5.00. The highest BCUT2D eigenvalue weighted by atomic mass is 35.5. The van der Waals surface area contributed by atoms with Crippen LogP contribution in [0, 0.1) is 0 Å². The van der Waals surface area contributed by atoms with Gasteiger partial charge in [0.2, 0.25) is 5.28 Å². The molecular weight excluding hydrogens is 255 g/mol. The number of carbonyl (C=O) groups is 1. The maximum absolute atomic E-state index is 11.4. The fourth-order valence-electron chi connectivity index (χ4n) is 0.773. The molecule has 0 radical (unpaired) electrons. The van der Waals surface area contributed by atoms with Gasteiger partial charge in [-0.05, 0) is 32.4 Å². The lowest BCUT2D eigenvalue weighted by Crippen LogP contribution is -2.27. The van der Waals surface area contributed by atoms with Crippen LogP contribution in [0.4, 0.5) is 10.6 Å². The monoisotopic (exact) mass is 264 g/mol. The first-order valence-corrected chi connectivity index (χ1v) is 5.09. The minimum Gasteiger partial charge on any atom is -0.444 e. The van der Waals surface area contributed by atoms with Crippen LogP contribution < -0.4 is 5.32 Å². The van der Waals surface area contributed by atoms with E-state index in [2.05, 4.69) is 20.5 Å². The van der Waals surface area contributed by atoms with Gasteiger partial charge in [-0.15, -0.1) is 10.2 Å². The summed E-state index contributed by atoms with van der Waals surface area (Å²) in [7, 11) is 0. The van der Waals surface area contributed by atoms with Gasteiger partial charge in [-0.25, -0.2) is 4.79 Å². The molecule has 1 heterocycles. The number of aromatic nitrogens is 3. The van der Waals surface area contributed by atoms with Crippen LogP contribution in [0.5, 0.6) is 0 Å². The van der Waals surface area contributed by atoms with Crippen LogP contribution in [0.2, 0.25) is 10.4 Å². The summed E-state index contributed by atoms with van der Waals surface area (Å²) in [4.78, 5) is 15.1. The number of anilines is 1. The highest BCUT2D eigenvalue weighted by Gasteiger charge is 2.18. The van der Waals surface area contributed by atoms with E-state index in [4.69, 9.17) is 27.9 Å². The van der Waals surface area contributed by atoms with Gasteiger partial charge in [-0.3, -0.25) is 5.32 Å². The van der Waals surface area contributed by atoms with Gasteiger partial charge in [0.25, 0.3) is 0 Å². The summed E-state index contributed by atoms with van der Waals surface area (Å²) in [6, 6.07) is 0. The molecule has 1 aromatic rings. The number of amides is 1. The molecule has 0 aliphatic carbocycles. The van der Waals surface area contributed by atoms with Crippen molar-refractivity contribution in [3.63, 3.8) is 0 Å². The Morgan fingerprint density at radius 2 is 1.94 bits per heavy atom. The van der Waals surface area contributed by atoms with E-state index in [1.54, 1.807) is 20.8 Å². The number of hydrogen-bond donors (Lipinski definition) is 1. The molecule has 0 bridgehead atoms. The molecule has 1 rings (SSSR count). The average molecular weight is 265 g/mol. The van der Waals surface area contributed by atoms with Crippen LogP contribution in [0.3, 0.4) is 0 Å². The summed E-state index contributed by atoms with van der Waals surface area (Å²) in [5.41, 5.74) is -0.610. The van der Waals surface area contributed by atoms with E-state index in [-0.39, 0.29) is 16.3 Å². The van der Waals surface area contributed by atoms with Crippen LogP contribution in [-0.4, -0.2) is 26.9 Å². The van der Waals surface area contributed by atoms with Crippen molar-refractivity contribution in [1.29, 1.82) is 0 Å². The third kappa shape index (κ3) is 4.16. The van der Waals surface area contributed by atoms with Gasteiger partial charge in [0, 0.05) is 0 Å². The van der Waals surface area contributed by atoms with Crippen molar-refractivity contribution in [2.45, 2.75) is 26.4 Å². The molecular formula is C8H10Cl2N4O2. The third-order valence-electron chi connectivity index (χ3n) is 1.24. The van der Waals surface area contributed by atoms with Crippen molar-refractivity contribution >= 4 is 35.1 Å². The zero-order valence-electron chi connectivity index (χ0n) is 8.91. The quantitative estimate of drug-likeness (QED) is 0.844. The molecule has 0 aliphatic rings. The summed E-state index contributed by atoms with van der Waals surface area (Å²) in [6.07, 6.45) is -0.689. The smallest absolute Gasteiger partial charge is 0.413 e. The van der Waals surface area contributed by atoms with Gasteiger partial charge < -0.3 is 4.74 Å². The zero-order chi connectivity index (χ0) is 12.3. The highest BCUT2D eigenvalue weighted by Crippen LogP contribution is 2.17. The molecule has 0 saturated carbocycles. The van der Waals surface area contributed by atoms with Crippen LogP contribution in [-0.2, 0) is 4.74 Å². The molecule has 0 atom stereocenters. The Morgan fingerprint density at radius 1 is 1.31 bits per heavy atom. The minimum absolute atomic E-state index is 0.0101. The van der Waals surface area contributed by atoms with Crippen molar-refractivity contribution in [3.8, 4) is 0 Å². The summed E-state index contributed by atoms with van der Waals surface area (Å²) >= 11 is 11.1. The van der Waals surface area contributed by atoms with Crippen LogP contribution in [0.15, 0.2) is 0 Å². The molecule has 0 fully saturated rings. The highest BCUT2D eigenvalue weighted by molar-refractivity contribution is 6.32. The van der Waals surface area contributed by atoms with Crippen molar-refractivity contribution in [1.82, 2.24) is 15.2 Å². The molecule has 0 aromatic carbocycles. The van der Waals surface area contributed by atoms with E-state index in [0.717, 1.165) is 0 Å². The summed E-state index contributed by atoms with van der Waals surface area (Å²) in [6.45, 7) is 5.21. The van der Waals surface area contributed by atoms with Gasteiger partial charge >= 0.3 is 6.09 Å². The van der Waals surface area contributed by atoms with E-state index in [1.807, 2.05) is 0 Å². The number of ether oxygens (including phenoxy) is 1. The second-order valence-electron chi connectivity index (χ2n) is 3.85. The molecule has 0 aliphatic heterocycles. The van der Waals surface area contributed by atoms with E-state index in [1.165, 1.54) is 0 Å². The van der Waals surface area contributed by atoms with Gasteiger partial charge in [-0.1, -0.05) is 11.6 Å². The number of halogens is 2. The molecule has 1 aromatic heterocycles. The fraction of sp³-hybridized carbons (Fsp3) is 0.500. The average Bonchev–Trinajstić information content (AvgIpc) is 2.08. The van der Waals surface area contributed by atoms with Crippen molar-refractivity contribution in [2.75, 3.05) is 5.32 Å². The lowest BCUT2D eigenvalue weighted by Gasteiger charge is -2.19. The number of nitrogens with one attached hydrogen (secondary N) is 1. The molecule has 8 heteroatoms. The topological polar surface area (TPSA) is 77.0 Å². The molecule has 1 amide bonds. The molecule has 88 valence electrons. The second kappa shape index (κ2) is 4.80. The maximum atomic E-state index is 11.4. The molecule has 0 spiro atoms. The Labute approximate surface area is 102 Å². The van der Waals surface area contributed by atoms with Crippen LogP contribution in [0.1, 0.15) is 20.8 Å². The fourth-order valence-corrected chi connectivity index (χ4v) is 1.02. The SMILES string of the molecule is CC(C)(C)OC(=O)Nc1nc(Cl)nnc1Cl. The molecule has 0 saturated heterocycles. The second-order valence-corrected chi connectivity index (χ2v) is 4.54. The van der Waals surface area contributed by atoms with Gasteiger partial charge in [0.15, 0.2) is 11.0 Å². The zero-order valence-corrected chi connectivity index (χ0v) is 10.4. The number of hydrogen-bond acceptors (Lipinski definition) is 5. The van der Waals surface area contributed by atoms with Crippen LogP contribution >= 0.6 is 23.2 Å². The van der Waals surface area contributed by atoms with E-state index in [9.17, 15) is 4.79 Å². The first kappa shape index (κ1) is 12.9. The number of carbonyl (C=O) groups excluding carboxylic acids is 1. The lowest BCUT2D eigenvalue weighted by atomic mass is 10.2. The Balaban J connectivity index is 2.73. The minimum atomic E-state index is -0.689. The summed E-state index contributed by atoms with van der Waals surface area (Å²) in [5, 5.41) is 9.02. The van der Waals surface area contributed by atoms with Crippen molar-refractivity contribution in [2.24, 2.45) is 0 Å². The predicted molar refractivity (Wildman–Crippen MR) is 59.7 cm³/mol. The van der Waals surface area contributed by atoms with E-state index in [0.29, 0.717) is 0 Å². The molecule has 16 heavy (non-hydrogen) atoms. The predicted octanol–water partition coefficient (Wildman–Crippen LogP) is 2.53. The molecule has 0 unspecified atom stereocenters. The van der Waals surface area contributed by atoms with E-state index >= 15 is 0 Å². The van der Waals surface area contributed by atoms with Crippen molar-refractivity contribution < 1.29 is 9.53 Å². The van der Waals surface area contributed by atoms with Gasteiger partial charge in [0.1, 0.15) is 5.60 Å². The summed E-state index contributed by atoms with van der Waals surface area (Å²) in [5.74, 6) is 0.0101. The first-order valence-electron chi connectivity index (χ1n) is 4.33. The third-order valence-corrected chi connectivity index (χ3v) is 1.65. The Hall–Kier alpha value is -1.14. The van der Waals surface area contributed by atoms with Crippen molar-refractivity contribution in [3.05, 3.63) is 10.4 Å².